The Balaban J connectivity index is 3.11. The molecule has 1 amide bonds. The quantitative estimate of drug-likeness (QED) is 0.499. The van der Waals surface area contributed by atoms with Gasteiger partial charge in [0, 0.05) is 13.0 Å². The van der Waals surface area contributed by atoms with E-state index >= 15 is 0 Å². The number of carbonyl (C=O) groups is 1. The van der Waals surface area contributed by atoms with Crippen LogP contribution >= 0.6 is 23.0 Å². The third kappa shape index (κ3) is 10.2. The van der Waals surface area contributed by atoms with Crippen molar-refractivity contribution in [3.05, 3.63) is 0 Å². The molecule has 0 aliphatic carbocycles. The molecule has 14 heavy (non-hydrogen) atoms. The highest BCUT2D eigenvalue weighted by molar-refractivity contribution is 14.1. The van der Waals surface area contributed by atoms with Gasteiger partial charge in [-0.05, 0) is 25.8 Å². The van der Waals surface area contributed by atoms with E-state index in [1.807, 2.05) is 23.0 Å². The van der Waals surface area contributed by atoms with Crippen LogP contribution in [0.5, 0.6) is 0 Å². The van der Waals surface area contributed by atoms with E-state index in [0.717, 1.165) is 25.7 Å². The van der Waals surface area contributed by atoms with Crippen LogP contribution in [0.25, 0.3) is 0 Å². The Morgan fingerprint density at radius 3 is 2.71 bits per heavy atom. The lowest BCUT2D eigenvalue weighted by Gasteiger charge is -2.03. The Morgan fingerprint density at radius 1 is 1.29 bits per heavy atom. The molecule has 0 aromatic carbocycles. The van der Waals surface area contributed by atoms with Crippen molar-refractivity contribution in [1.29, 1.82) is 0 Å². The van der Waals surface area contributed by atoms with Crippen LogP contribution in [0.3, 0.4) is 0 Å². The number of halogens is 1. The van der Waals surface area contributed by atoms with Crippen LogP contribution in [0.1, 0.15) is 32.1 Å². The molecular weight excluding hydrogens is 295 g/mol. The minimum Gasteiger partial charge on any atom is -0.356 e. The number of carbonyl (C=O) groups excluding carboxylic acids is 1. The molecule has 5 heteroatoms. The molecule has 0 atom stereocenters. The summed E-state index contributed by atoms with van der Waals surface area (Å²) in [4.78, 5) is 11.2. The summed E-state index contributed by atoms with van der Waals surface area (Å²) < 4.78 is 4.84. The topological polar surface area (TPSA) is 64.4 Å². The first kappa shape index (κ1) is 14.1. The largest absolute Gasteiger partial charge is 0.356 e. The van der Waals surface area contributed by atoms with Crippen molar-refractivity contribution < 1.29 is 7.86 Å². The predicted octanol–water partition coefficient (Wildman–Crippen LogP) is 1.38. The molecule has 0 saturated carbocycles. The summed E-state index contributed by atoms with van der Waals surface area (Å²) in [5, 5.41) is 2.84. The molecule has 0 aliphatic rings. The van der Waals surface area contributed by atoms with Gasteiger partial charge in [0.2, 0.25) is 5.91 Å². The van der Waals surface area contributed by atoms with Crippen LogP contribution in [-0.2, 0) is 7.86 Å². The first-order valence-corrected chi connectivity index (χ1v) is 5.89. The molecule has 0 heterocycles. The molecule has 0 aromatic heterocycles. The van der Waals surface area contributed by atoms with Crippen molar-refractivity contribution in [2.24, 2.45) is 5.73 Å². The first-order valence-electron chi connectivity index (χ1n) is 5.01. The molecule has 0 aromatic rings. The van der Waals surface area contributed by atoms with Gasteiger partial charge < -0.3 is 14.1 Å². The Hall–Kier alpha value is 0.120. The minimum atomic E-state index is 0.135. The summed E-state index contributed by atoms with van der Waals surface area (Å²) in [6.45, 7) is 2.11. The van der Waals surface area contributed by atoms with Gasteiger partial charge in [0.1, 0.15) is 23.0 Å². The summed E-state index contributed by atoms with van der Waals surface area (Å²) in [5.74, 6) is 0.135. The molecule has 0 radical (unpaired) electrons. The van der Waals surface area contributed by atoms with Gasteiger partial charge in [-0.1, -0.05) is 6.42 Å². The van der Waals surface area contributed by atoms with Gasteiger partial charge >= 0.3 is 0 Å². The maximum atomic E-state index is 11.2. The van der Waals surface area contributed by atoms with E-state index < -0.39 is 0 Å². The Kier molecular flexibility index (Phi) is 11.3. The van der Waals surface area contributed by atoms with Gasteiger partial charge in [0.25, 0.3) is 0 Å². The molecule has 0 rings (SSSR count). The SMILES string of the molecule is NCCCCCC(=O)NCCCOI. The van der Waals surface area contributed by atoms with Crippen LogP contribution < -0.4 is 11.1 Å². The molecule has 84 valence electrons. The molecular formula is C9H19IN2O2. The molecule has 0 unspecified atom stereocenters. The van der Waals surface area contributed by atoms with Gasteiger partial charge in [0.15, 0.2) is 0 Å². The van der Waals surface area contributed by atoms with Crippen LogP contribution in [0.2, 0.25) is 0 Å². The molecule has 4 nitrogen and oxygen atoms in total. The zero-order valence-electron chi connectivity index (χ0n) is 8.43. The summed E-state index contributed by atoms with van der Waals surface area (Å²) in [6.07, 6.45) is 4.48. The Morgan fingerprint density at radius 2 is 2.07 bits per heavy atom. The summed E-state index contributed by atoms with van der Waals surface area (Å²) >= 11 is 1.85. The highest BCUT2D eigenvalue weighted by Crippen LogP contribution is 1.98. The summed E-state index contributed by atoms with van der Waals surface area (Å²) in [6, 6.07) is 0. The number of amides is 1. The first-order chi connectivity index (χ1) is 6.81. The third-order valence-electron chi connectivity index (χ3n) is 1.83. The molecule has 0 spiro atoms. The standard InChI is InChI=1S/C9H19IN2O2/c10-14-8-4-7-12-9(13)5-2-1-3-6-11/h1-8,11H2,(H,12,13). The van der Waals surface area contributed by atoms with Crippen LogP contribution in [-0.4, -0.2) is 25.6 Å². The molecule has 0 bridgehead atoms. The van der Waals surface area contributed by atoms with Gasteiger partial charge in [-0.25, -0.2) is 0 Å². The average Bonchev–Trinajstić information content (AvgIpc) is 2.19. The average molecular weight is 314 g/mol. The summed E-state index contributed by atoms with van der Waals surface area (Å²) in [7, 11) is 0. The number of nitrogens with two attached hydrogens (primary N) is 1. The van der Waals surface area contributed by atoms with E-state index in [0.29, 0.717) is 26.1 Å². The number of rotatable bonds is 9. The molecule has 0 aliphatic heterocycles. The van der Waals surface area contributed by atoms with E-state index in [4.69, 9.17) is 8.80 Å². The monoisotopic (exact) mass is 314 g/mol. The van der Waals surface area contributed by atoms with Crippen molar-refractivity contribution in [1.82, 2.24) is 5.32 Å². The molecule has 3 N–H and O–H groups in total. The lowest BCUT2D eigenvalue weighted by molar-refractivity contribution is -0.121. The fourth-order valence-corrected chi connectivity index (χ4v) is 1.36. The van der Waals surface area contributed by atoms with Crippen LogP contribution in [0.4, 0.5) is 0 Å². The van der Waals surface area contributed by atoms with E-state index in [9.17, 15) is 4.79 Å². The molecule has 0 saturated heterocycles. The van der Waals surface area contributed by atoms with Crippen molar-refractivity contribution in [2.75, 3.05) is 19.7 Å². The number of unbranched alkanes of at least 4 members (excludes halogenated alkanes) is 2. The van der Waals surface area contributed by atoms with Crippen molar-refractivity contribution in [2.45, 2.75) is 32.1 Å². The van der Waals surface area contributed by atoms with Crippen molar-refractivity contribution in [3.8, 4) is 0 Å². The molecule has 0 fully saturated rings. The van der Waals surface area contributed by atoms with E-state index in [1.54, 1.807) is 0 Å². The highest BCUT2D eigenvalue weighted by Gasteiger charge is 1.99. The second kappa shape index (κ2) is 11.2. The lowest BCUT2D eigenvalue weighted by Crippen LogP contribution is -2.24. The maximum absolute atomic E-state index is 11.2. The smallest absolute Gasteiger partial charge is 0.219 e. The van der Waals surface area contributed by atoms with Crippen molar-refractivity contribution in [3.63, 3.8) is 0 Å². The zero-order valence-corrected chi connectivity index (χ0v) is 10.6. The van der Waals surface area contributed by atoms with E-state index in [-0.39, 0.29) is 5.91 Å². The zero-order chi connectivity index (χ0) is 10.6. The van der Waals surface area contributed by atoms with E-state index in [1.165, 1.54) is 0 Å². The number of nitrogens with one attached hydrogen (secondary N) is 1. The fraction of sp³-hybridized carbons (Fsp3) is 0.889. The predicted molar refractivity (Wildman–Crippen MR) is 65.1 cm³/mol. The summed E-state index contributed by atoms with van der Waals surface area (Å²) in [5.41, 5.74) is 5.34. The third-order valence-corrected chi connectivity index (χ3v) is 2.27. The normalized spacial score (nSPS) is 10.1. The fourth-order valence-electron chi connectivity index (χ4n) is 1.05. The maximum Gasteiger partial charge on any atom is 0.219 e. The van der Waals surface area contributed by atoms with Gasteiger partial charge in [-0.15, -0.1) is 0 Å². The second-order valence-corrected chi connectivity index (χ2v) is 3.74. The van der Waals surface area contributed by atoms with Crippen LogP contribution in [0.15, 0.2) is 0 Å². The van der Waals surface area contributed by atoms with Crippen LogP contribution in [0, 0.1) is 0 Å². The highest BCUT2D eigenvalue weighted by atomic mass is 127. The van der Waals surface area contributed by atoms with Gasteiger partial charge in [0.05, 0.1) is 6.61 Å². The Bertz CT molecular complexity index is 131. The van der Waals surface area contributed by atoms with E-state index in [2.05, 4.69) is 5.32 Å². The van der Waals surface area contributed by atoms with Crippen molar-refractivity contribution >= 4 is 28.9 Å². The second-order valence-electron chi connectivity index (χ2n) is 3.12. The van der Waals surface area contributed by atoms with Gasteiger partial charge in [-0.3, -0.25) is 4.79 Å². The Labute approximate surface area is 99.6 Å². The number of hydrogen-bond donors (Lipinski definition) is 2. The van der Waals surface area contributed by atoms with Gasteiger partial charge in [-0.2, -0.15) is 0 Å². The lowest BCUT2D eigenvalue weighted by atomic mass is 10.2. The minimum absolute atomic E-state index is 0.135. The number of hydrogen-bond acceptors (Lipinski definition) is 3.